The molecule has 1 aliphatic carbocycles. The quantitative estimate of drug-likeness (QED) is 0.606. The van der Waals surface area contributed by atoms with E-state index in [0.717, 1.165) is 30.3 Å². The number of pyridine rings is 1. The van der Waals surface area contributed by atoms with Crippen LogP contribution in [0.4, 0.5) is 5.82 Å². The van der Waals surface area contributed by atoms with Gasteiger partial charge in [0, 0.05) is 24.0 Å². The molecule has 1 aromatic heterocycles. The van der Waals surface area contributed by atoms with E-state index in [9.17, 15) is 0 Å². The highest BCUT2D eigenvalue weighted by atomic mass is 15.3. The largest absolute Gasteiger partial charge is 0.308 e. The second kappa shape index (κ2) is 6.41. The van der Waals surface area contributed by atoms with Gasteiger partial charge in [0.1, 0.15) is 5.82 Å². The Balaban J connectivity index is 1.85. The van der Waals surface area contributed by atoms with Crippen LogP contribution in [0.2, 0.25) is 0 Å². The Morgan fingerprint density at radius 3 is 2.86 bits per heavy atom. The lowest BCUT2D eigenvalue weighted by molar-refractivity contribution is 0.255. The molecule has 1 aliphatic rings. The summed E-state index contributed by atoms with van der Waals surface area (Å²) in [4.78, 5) is 7.17. The Bertz CT molecular complexity index is 607. The van der Waals surface area contributed by atoms with Crippen LogP contribution in [0.5, 0.6) is 0 Å². The minimum Gasteiger partial charge on any atom is -0.308 e. The first kappa shape index (κ1) is 14.3. The van der Waals surface area contributed by atoms with Crippen molar-refractivity contribution in [3.8, 4) is 0 Å². The summed E-state index contributed by atoms with van der Waals surface area (Å²) in [5.74, 6) is 7.37. The number of nitrogens with zero attached hydrogens (tertiary/aromatic N) is 2. The fraction of sp³-hybridized carbons (Fsp3) is 0.471. The van der Waals surface area contributed by atoms with Crippen molar-refractivity contribution in [2.75, 3.05) is 18.5 Å². The molecule has 0 amide bonds. The number of nitrogens with two attached hydrogens (primary N) is 1. The predicted molar refractivity (Wildman–Crippen MR) is 87.8 cm³/mol. The molecule has 1 saturated carbocycles. The first-order chi connectivity index (χ1) is 10.3. The Labute approximate surface area is 126 Å². The fourth-order valence-corrected chi connectivity index (χ4v) is 2.86. The number of nitrogens with one attached hydrogen (secondary N) is 1. The van der Waals surface area contributed by atoms with Gasteiger partial charge in [-0.15, -0.1) is 0 Å². The molecule has 4 heteroatoms. The third-order valence-electron chi connectivity index (χ3n) is 4.09. The zero-order valence-electron chi connectivity index (χ0n) is 12.7. The number of aromatic nitrogens is 1. The van der Waals surface area contributed by atoms with Gasteiger partial charge in [0.25, 0.3) is 0 Å². The van der Waals surface area contributed by atoms with E-state index in [1.807, 2.05) is 12.1 Å². The van der Waals surface area contributed by atoms with Gasteiger partial charge in [0.05, 0.1) is 5.52 Å². The van der Waals surface area contributed by atoms with Gasteiger partial charge in [-0.2, -0.15) is 0 Å². The average Bonchev–Trinajstić information content (AvgIpc) is 3.30. The molecule has 1 aromatic carbocycles. The molecular weight excluding hydrogens is 260 g/mol. The molecule has 0 saturated heterocycles. The predicted octanol–water partition coefficient (Wildman–Crippen LogP) is 3.14. The van der Waals surface area contributed by atoms with E-state index in [2.05, 4.69) is 40.4 Å². The van der Waals surface area contributed by atoms with Crippen molar-refractivity contribution in [3.63, 3.8) is 0 Å². The summed E-state index contributed by atoms with van der Waals surface area (Å²) in [6.45, 7) is 5.49. The van der Waals surface area contributed by atoms with Crippen LogP contribution < -0.4 is 11.3 Å². The summed E-state index contributed by atoms with van der Waals surface area (Å²) < 4.78 is 0. The molecule has 2 aromatic rings. The molecule has 0 bridgehead atoms. The number of benzene rings is 1. The minimum absolute atomic E-state index is 0.797. The van der Waals surface area contributed by atoms with Gasteiger partial charge in [0.2, 0.25) is 0 Å². The number of para-hydroxylation sites is 1. The highest BCUT2D eigenvalue weighted by Gasteiger charge is 2.24. The van der Waals surface area contributed by atoms with Crippen molar-refractivity contribution in [2.45, 2.75) is 32.7 Å². The SMILES string of the molecule is CCCN(Cc1cc2ccccc2nc1NN)CC1CC1. The first-order valence-electron chi connectivity index (χ1n) is 7.87. The molecule has 4 nitrogen and oxygen atoms in total. The summed E-state index contributed by atoms with van der Waals surface area (Å²) in [7, 11) is 0. The van der Waals surface area contributed by atoms with Crippen LogP contribution in [0.1, 0.15) is 31.7 Å². The van der Waals surface area contributed by atoms with Gasteiger partial charge < -0.3 is 5.43 Å². The van der Waals surface area contributed by atoms with Crippen LogP contribution in [0.15, 0.2) is 30.3 Å². The van der Waals surface area contributed by atoms with E-state index in [-0.39, 0.29) is 0 Å². The topological polar surface area (TPSA) is 54.2 Å². The average molecular weight is 284 g/mol. The van der Waals surface area contributed by atoms with Crippen molar-refractivity contribution in [1.82, 2.24) is 9.88 Å². The molecule has 3 rings (SSSR count). The van der Waals surface area contributed by atoms with Crippen LogP contribution in [-0.4, -0.2) is 23.0 Å². The zero-order chi connectivity index (χ0) is 14.7. The van der Waals surface area contributed by atoms with Gasteiger partial charge in [-0.1, -0.05) is 25.1 Å². The molecular formula is C17H24N4. The molecule has 0 atom stereocenters. The smallest absolute Gasteiger partial charge is 0.145 e. The van der Waals surface area contributed by atoms with Crippen molar-refractivity contribution >= 4 is 16.7 Å². The normalized spacial score (nSPS) is 14.8. The molecule has 1 heterocycles. The van der Waals surface area contributed by atoms with Gasteiger partial charge >= 0.3 is 0 Å². The number of anilines is 1. The number of fused-ring (bicyclic) bond motifs is 1. The van der Waals surface area contributed by atoms with Crippen LogP contribution >= 0.6 is 0 Å². The number of hydrogen-bond donors (Lipinski definition) is 2. The van der Waals surface area contributed by atoms with E-state index in [4.69, 9.17) is 5.84 Å². The zero-order valence-corrected chi connectivity index (χ0v) is 12.7. The maximum atomic E-state index is 5.67. The number of hydrazine groups is 1. The molecule has 21 heavy (non-hydrogen) atoms. The Hall–Kier alpha value is -1.65. The summed E-state index contributed by atoms with van der Waals surface area (Å²) >= 11 is 0. The monoisotopic (exact) mass is 284 g/mol. The minimum atomic E-state index is 0.797. The lowest BCUT2D eigenvalue weighted by atomic mass is 10.1. The van der Waals surface area contributed by atoms with Gasteiger partial charge in [-0.05, 0) is 43.9 Å². The van der Waals surface area contributed by atoms with E-state index in [1.165, 1.54) is 36.8 Å². The number of hydrogen-bond acceptors (Lipinski definition) is 4. The molecule has 0 spiro atoms. The molecule has 1 fully saturated rings. The molecule has 0 radical (unpaired) electrons. The Kier molecular flexibility index (Phi) is 4.36. The summed E-state index contributed by atoms with van der Waals surface area (Å²) in [5.41, 5.74) is 4.94. The summed E-state index contributed by atoms with van der Waals surface area (Å²) in [6, 6.07) is 10.4. The lowest BCUT2D eigenvalue weighted by Crippen LogP contribution is -2.27. The number of nitrogen functional groups attached to an aromatic ring is 1. The fourth-order valence-electron chi connectivity index (χ4n) is 2.86. The molecule has 112 valence electrons. The van der Waals surface area contributed by atoms with Crippen molar-refractivity contribution < 1.29 is 0 Å². The highest BCUT2D eigenvalue weighted by Crippen LogP contribution is 2.31. The van der Waals surface area contributed by atoms with Crippen molar-refractivity contribution in [2.24, 2.45) is 11.8 Å². The van der Waals surface area contributed by atoms with Gasteiger partial charge in [-0.25, -0.2) is 10.8 Å². The van der Waals surface area contributed by atoms with Crippen LogP contribution in [-0.2, 0) is 6.54 Å². The molecule has 0 unspecified atom stereocenters. The maximum Gasteiger partial charge on any atom is 0.145 e. The summed E-state index contributed by atoms with van der Waals surface area (Å²) in [6.07, 6.45) is 3.95. The third kappa shape index (κ3) is 3.52. The lowest BCUT2D eigenvalue weighted by Gasteiger charge is -2.23. The van der Waals surface area contributed by atoms with E-state index < -0.39 is 0 Å². The van der Waals surface area contributed by atoms with Crippen LogP contribution in [0, 0.1) is 5.92 Å². The molecule has 0 aliphatic heterocycles. The van der Waals surface area contributed by atoms with Crippen molar-refractivity contribution in [1.29, 1.82) is 0 Å². The van der Waals surface area contributed by atoms with E-state index in [1.54, 1.807) is 0 Å². The van der Waals surface area contributed by atoms with Crippen LogP contribution in [0.3, 0.4) is 0 Å². The van der Waals surface area contributed by atoms with Gasteiger partial charge in [-0.3, -0.25) is 4.90 Å². The first-order valence-corrected chi connectivity index (χ1v) is 7.87. The van der Waals surface area contributed by atoms with Crippen LogP contribution in [0.25, 0.3) is 10.9 Å². The molecule has 3 N–H and O–H groups in total. The third-order valence-corrected chi connectivity index (χ3v) is 4.09. The maximum absolute atomic E-state index is 5.67. The van der Waals surface area contributed by atoms with E-state index in [0.29, 0.717) is 0 Å². The summed E-state index contributed by atoms with van der Waals surface area (Å²) in [5, 5.41) is 1.18. The second-order valence-corrected chi connectivity index (χ2v) is 6.01. The van der Waals surface area contributed by atoms with Crippen molar-refractivity contribution in [3.05, 3.63) is 35.9 Å². The van der Waals surface area contributed by atoms with E-state index >= 15 is 0 Å². The second-order valence-electron chi connectivity index (χ2n) is 6.01. The Morgan fingerprint density at radius 1 is 1.33 bits per heavy atom. The standard InChI is InChI=1S/C17H24N4/c1-2-9-21(11-13-7-8-13)12-15-10-14-5-3-4-6-16(14)19-17(15)20-18/h3-6,10,13H,2,7-9,11-12,18H2,1H3,(H,19,20). The highest BCUT2D eigenvalue weighted by molar-refractivity contribution is 5.81. The Morgan fingerprint density at radius 2 is 2.14 bits per heavy atom. The van der Waals surface area contributed by atoms with Gasteiger partial charge in [0.15, 0.2) is 0 Å². The number of rotatable bonds is 7.